The quantitative estimate of drug-likeness (QED) is 0.711. The number of nitrogens with one attached hydrogen (secondary N) is 1. The summed E-state index contributed by atoms with van der Waals surface area (Å²) in [5.74, 6) is -0.615. The van der Waals surface area contributed by atoms with Crippen molar-refractivity contribution in [3.05, 3.63) is 74.6 Å². The summed E-state index contributed by atoms with van der Waals surface area (Å²) in [5, 5.41) is 4.23. The molecule has 0 saturated heterocycles. The maximum atomic E-state index is 11.8. The Bertz CT molecular complexity index is 995. The number of halogens is 1. The van der Waals surface area contributed by atoms with Crippen molar-refractivity contribution in [2.75, 3.05) is 5.32 Å². The lowest BCUT2D eigenvalue weighted by Crippen LogP contribution is -2.15. The Morgan fingerprint density at radius 2 is 2.04 bits per heavy atom. The van der Waals surface area contributed by atoms with Crippen LogP contribution in [0.4, 0.5) is 5.69 Å². The fourth-order valence-electron chi connectivity index (χ4n) is 2.60. The van der Waals surface area contributed by atoms with Crippen LogP contribution in [0.5, 0.6) is 0 Å². The van der Waals surface area contributed by atoms with Crippen LogP contribution in [0.1, 0.15) is 21.5 Å². The number of primary amides is 1. The summed E-state index contributed by atoms with van der Waals surface area (Å²) in [6, 6.07) is 12.1. The Labute approximate surface area is 143 Å². The van der Waals surface area contributed by atoms with Crippen LogP contribution in [0.15, 0.2) is 51.7 Å². The summed E-state index contributed by atoms with van der Waals surface area (Å²) in [5.41, 5.74) is 7.99. The molecule has 1 aromatic heterocycles. The molecule has 0 aliphatic heterocycles. The van der Waals surface area contributed by atoms with Gasteiger partial charge in [0.25, 0.3) is 5.91 Å². The highest BCUT2D eigenvalue weighted by Crippen LogP contribution is 2.25. The minimum atomic E-state index is -0.615. The fourth-order valence-corrected chi connectivity index (χ4v) is 2.86. The second kappa shape index (κ2) is 6.37. The largest absolute Gasteiger partial charge is 0.423 e. The Kier molecular flexibility index (Phi) is 4.27. The van der Waals surface area contributed by atoms with Gasteiger partial charge in [-0.05, 0) is 36.2 Å². The number of rotatable bonds is 4. The van der Waals surface area contributed by atoms with Crippen LogP contribution in [-0.4, -0.2) is 5.91 Å². The van der Waals surface area contributed by atoms with E-state index >= 15 is 0 Å². The van der Waals surface area contributed by atoms with E-state index < -0.39 is 11.5 Å². The lowest BCUT2D eigenvalue weighted by molar-refractivity contribution is 0.100. The van der Waals surface area contributed by atoms with E-state index in [1.165, 1.54) is 6.07 Å². The van der Waals surface area contributed by atoms with E-state index in [4.69, 9.17) is 21.8 Å². The minimum Gasteiger partial charge on any atom is -0.423 e. The van der Waals surface area contributed by atoms with Crippen LogP contribution in [-0.2, 0) is 6.54 Å². The number of carbonyl (C=O) groups excluding carboxylic acids is 1. The van der Waals surface area contributed by atoms with Crippen molar-refractivity contribution < 1.29 is 9.21 Å². The van der Waals surface area contributed by atoms with Gasteiger partial charge in [-0.1, -0.05) is 29.8 Å². The smallest absolute Gasteiger partial charge is 0.336 e. The number of anilines is 1. The van der Waals surface area contributed by atoms with E-state index in [2.05, 4.69) is 5.32 Å². The molecule has 5 nitrogen and oxygen atoms in total. The molecule has 0 aliphatic carbocycles. The first-order chi connectivity index (χ1) is 11.5. The van der Waals surface area contributed by atoms with E-state index in [9.17, 15) is 9.59 Å². The normalized spacial score (nSPS) is 10.8. The number of nitrogens with two attached hydrogens (primary N) is 1. The molecule has 2 aromatic carbocycles. The van der Waals surface area contributed by atoms with Gasteiger partial charge in [-0.2, -0.15) is 0 Å². The molecule has 3 N–H and O–H groups in total. The van der Waals surface area contributed by atoms with Gasteiger partial charge in [0.2, 0.25) is 0 Å². The van der Waals surface area contributed by atoms with Crippen LogP contribution in [0.2, 0.25) is 5.02 Å². The molecule has 0 aliphatic rings. The molecule has 0 atom stereocenters. The number of amides is 1. The van der Waals surface area contributed by atoms with Gasteiger partial charge < -0.3 is 15.5 Å². The van der Waals surface area contributed by atoms with Crippen LogP contribution >= 0.6 is 11.6 Å². The Morgan fingerprint density at radius 1 is 1.25 bits per heavy atom. The second-order valence-corrected chi connectivity index (χ2v) is 5.88. The molecule has 0 radical (unpaired) electrons. The number of carbonyl (C=O) groups is 1. The summed E-state index contributed by atoms with van der Waals surface area (Å²) in [7, 11) is 0. The summed E-state index contributed by atoms with van der Waals surface area (Å²) in [6.07, 6.45) is 0. The molecule has 1 amide bonds. The van der Waals surface area contributed by atoms with E-state index in [0.29, 0.717) is 17.8 Å². The van der Waals surface area contributed by atoms with Gasteiger partial charge in [0.1, 0.15) is 5.58 Å². The summed E-state index contributed by atoms with van der Waals surface area (Å²) in [6.45, 7) is 2.25. The topological polar surface area (TPSA) is 85.3 Å². The first-order valence-electron chi connectivity index (χ1n) is 7.31. The highest BCUT2D eigenvalue weighted by molar-refractivity contribution is 6.34. The SMILES string of the molecule is Cc1ccc2c(CNc3cccc(Cl)c3C(N)=O)cc(=O)oc2c1. The molecule has 0 spiro atoms. The Balaban J connectivity index is 1.99. The zero-order valence-corrected chi connectivity index (χ0v) is 13.7. The third kappa shape index (κ3) is 3.12. The highest BCUT2D eigenvalue weighted by Gasteiger charge is 2.13. The number of hydrogen-bond donors (Lipinski definition) is 2. The molecular weight excluding hydrogens is 328 g/mol. The van der Waals surface area contributed by atoms with Gasteiger partial charge in [-0.25, -0.2) is 4.79 Å². The molecule has 1 heterocycles. The predicted molar refractivity (Wildman–Crippen MR) is 94.5 cm³/mol. The lowest BCUT2D eigenvalue weighted by Gasteiger charge is -2.12. The van der Waals surface area contributed by atoms with Crippen LogP contribution in [0.25, 0.3) is 11.0 Å². The van der Waals surface area contributed by atoms with Crippen molar-refractivity contribution in [1.82, 2.24) is 0 Å². The lowest BCUT2D eigenvalue weighted by atomic mass is 10.1. The Hall–Kier alpha value is -2.79. The van der Waals surface area contributed by atoms with Crippen molar-refractivity contribution in [2.45, 2.75) is 13.5 Å². The van der Waals surface area contributed by atoms with Crippen molar-refractivity contribution in [3.63, 3.8) is 0 Å². The highest BCUT2D eigenvalue weighted by atomic mass is 35.5. The first kappa shape index (κ1) is 16.1. The third-order valence-corrected chi connectivity index (χ3v) is 4.03. The van der Waals surface area contributed by atoms with Crippen LogP contribution < -0.4 is 16.7 Å². The van der Waals surface area contributed by atoms with Crippen LogP contribution in [0, 0.1) is 6.92 Å². The zero-order valence-electron chi connectivity index (χ0n) is 12.9. The number of aryl methyl sites for hydroxylation is 1. The van der Waals surface area contributed by atoms with Crippen LogP contribution in [0.3, 0.4) is 0 Å². The average molecular weight is 343 g/mol. The standard InChI is InChI=1S/C18H15ClN2O3/c1-10-5-6-12-11(8-16(22)24-15(12)7-10)9-21-14-4-2-3-13(19)17(14)18(20)23/h2-8,21H,9H2,1H3,(H2,20,23). The molecule has 0 bridgehead atoms. The van der Waals surface area contributed by atoms with E-state index in [0.717, 1.165) is 16.5 Å². The number of fused-ring (bicyclic) bond motifs is 1. The molecule has 0 fully saturated rings. The summed E-state index contributed by atoms with van der Waals surface area (Å²) >= 11 is 6.04. The maximum Gasteiger partial charge on any atom is 0.336 e. The molecule has 122 valence electrons. The minimum absolute atomic E-state index is 0.224. The van der Waals surface area contributed by atoms with Crippen molar-refractivity contribution in [3.8, 4) is 0 Å². The second-order valence-electron chi connectivity index (χ2n) is 5.47. The van der Waals surface area contributed by atoms with Gasteiger partial charge >= 0.3 is 5.63 Å². The Morgan fingerprint density at radius 3 is 2.79 bits per heavy atom. The van der Waals surface area contributed by atoms with Crippen molar-refractivity contribution in [1.29, 1.82) is 0 Å². The first-order valence-corrected chi connectivity index (χ1v) is 7.69. The molecule has 24 heavy (non-hydrogen) atoms. The molecule has 3 aromatic rings. The summed E-state index contributed by atoms with van der Waals surface area (Å²) in [4.78, 5) is 23.4. The maximum absolute atomic E-state index is 11.8. The monoisotopic (exact) mass is 342 g/mol. The molecular formula is C18H15ClN2O3. The van der Waals surface area contributed by atoms with Gasteiger partial charge in [0, 0.05) is 23.7 Å². The summed E-state index contributed by atoms with van der Waals surface area (Å²) < 4.78 is 5.24. The predicted octanol–water partition coefficient (Wildman–Crippen LogP) is 3.47. The van der Waals surface area contributed by atoms with E-state index in [1.807, 2.05) is 25.1 Å². The van der Waals surface area contributed by atoms with Crippen molar-refractivity contribution in [2.24, 2.45) is 5.73 Å². The molecule has 0 saturated carbocycles. The fraction of sp³-hybridized carbons (Fsp3) is 0.111. The number of hydrogen-bond acceptors (Lipinski definition) is 4. The van der Waals surface area contributed by atoms with Gasteiger partial charge in [0.05, 0.1) is 10.6 Å². The average Bonchev–Trinajstić information content (AvgIpc) is 2.51. The zero-order chi connectivity index (χ0) is 17.3. The van der Waals surface area contributed by atoms with E-state index in [1.54, 1.807) is 18.2 Å². The third-order valence-electron chi connectivity index (χ3n) is 3.71. The van der Waals surface area contributed by atoms with Crippen molar-refractivity contribution >= 4 is 34.2 Å². The molecule has 0 unspecified atom stereocenters. The van der Waals surface area contributed by atoms with Gasteiger partial charge in [-0.3, -0.25) is 4.79 Å². The molecule has 6 heteroatoms. The van der Waals surface area contributed by atoms with E-state index in [-0.39, 0.29) is 10.6 Å². The number of benzene rings is 2. The van der Waals surface area contributed by atoms with Gasteiger partial charge in [0.15, 0.2) is 0 Å². The van der Waals surface area contributed by atoms with Gasteiger partial charge in [-0.15, -0.1) is 0 Å². The molecule has 3 rings (SSSR count).